The van der Waals surface area contributed by atoms with Crippen molar-refractivity contribution >= 4 is 44.2 Å². The van der Waals surface area contributed by atoms with Gasteiger partial charge in [-0.2, -0.15) is 4.31 Å². The first-order valence-electron chi connectivity index (χ1n) is 11.2. The van der Waals surface area contributed by atoms with Crippen molar-refractivity contribution in [2.75, 3.05) is 23.7 Å². The summed E-state index contributed by atoms with van der Waals surface area (Å²) in [6.07, 6.45) is 0. The number of fused-ring (bicyclic) bond motifs is 1. The van der Waals surface area contributed by atoms with Crippen LogP contribution in [0.4, 0.5) is 16.2 Å². The van der Waals surface area contributed by atoms with Gasteiger partial charge in [0.05, 0.1) is 21.8 Å². The number of nitrogens with zero attached hydrogens (tertiary/aromatic N) is 1. The second kappa shape index (κ2) is 10.7. The van der Waals surface area contributed by atoms with Gasteiger partial charge in [0, 0.05) is 36.1 Å². The smallest absolute Gasteiger partial charge is 0.319 e. The van der Waals surface area contributed by atoms with Crippen LogP contribution in [-0.4, -0.2) is 48.8 Å². The maximum atomic E-state index is 13.3. The molecule has 0 radical (unpaired) electrons. The lowest BCUT2D eigenvalue weighted by Crippen LogP contribution is -2.34. The van der Waals surface area contributed by atoms with Crippen LogP contribution < -0.4 is 21.5 Å². The second-order valence-corrected chi connectivity index (χ2v) is 10.0. The second-order valence-electron chi connectivity index (χ2n) is 8.10. The highest BCUT2D eigenvalue weighted by Gasteiger charge is 2.23. The van der Waals surface area contributed by atoms with Gasteiger partial charge in [-0.05, 0) is 44.2 Å². The molecule has 3 rings (SSSR count). The summed E-state index contributed by atoms with van der Waals surface area (Å²) in [6, 6.07) is 11.5. The quantitative estimate of drug-likeness (QED) is 0.376. The molecule has 186 valence electrons. The lowest BCUT2D eigenvalue weighted by atomic mass is 10.1. The van der Waals surface area contributed by atoms with Crippen LogP contribution in [0.15, 0.2) is 58.2 Å². The molecule has 35 heavy (non-hydrogen) atoms. The van der Waals surface area contributed by atoms with Crippen LogP contribution in [0.3, 0.4) is 0 Å². The van der Waals surface area contributed by atoms with Crippen LogP contribution in [0.25, 0.3) is 10.9 Å². The minimum Gasteiger partial charge on any atom is -0.336 e. The molecule has 0 unspecified atom stereocenters. The van der Waals surface area contributed by atoms with E-state index in [9.17, 15) is 22.8 Å². The molecule has 0 bridgehead atoms. The van der Waals surface area contributed by atoms with Crippen LogP contribution >= 0.6 is 0 Å². The molecule has 10 nitrogen and oxygen atoms in total. The summed E-state index contributed by atoms with van der Waals surface area (Å²) < 4.78 is 27.3. The predicted octanol–water partition coefficient (Wildman–Crippen LogP) is 3.34. The highest BCUT2D eigenvalue weighted by Crippen LogP contribution is 2.25. The molecule has 0 atom stereocenters. The highest BCUT2D eigenvalue weighted by atomic mass is 32.2. The Hall–Kier alpha value is -3.70. The number of aromatic amines is 1. The number of carbonyl (C=O) groups is 2. The van der Waals surface area contributed by atoms with Gasteiger partial charge in [-0.15, -0.1) is 0 Å². The Labute approximate surface area is 203 Å². The summed E-state index contributed by atoms with van der Waals surface area (Å²) in [6.45, 7) is 7.71. The molecule has 1 aromatic heterocycles. The zero-order valence-electron chi connectivity index (χ0n) is 20.0. The van der Waals surface area contributed by atoms with E-state index in [4.69, 9.17) is 0 Å². The normalized spacial score (nSPS) is 11.6. The first kappa shape index (κ1) is 25.9. The van der Waals surface area contributed by atoms with Crippen molar-refractivity contribution in [1.82, 2.24) is 14.6 Å². The van der Waals surface area contributed by atoms with Gasteiger partial charge in [-0.1, -0.05) is 26.0 Å². The highest BCUT2D eigenvalue weighted by molar-refractivity contribution is 7.89. The van der Waals surface area contributed by atoms with E-state index >= 15 is 0 Å². The van der Waals surface area contributed by atoms with Crippen LogP contribution in [0.2, 0.25) is 0 Å². The van der Waals surface area contributed by atoms with E-state index in [-0.39, 0.29) is 21.9 Å². The zero-order valence-corrected chi connectivity index (χ0v) is 20.8. The van der Waals surface area contributed by atoms with Gasteiger partial charge in [0.25, 0.3) is 5.91 Å². The van der Waals surface area contributed by atoms with Crippen molar-refractivity contribution in [2.24, 2.45) is 0 Å². The Morgan fingerprint density at radius 2 is 1.60 bits per heavy atom. The summed E-state index contributed by atoms with van der Waals surface area (Å²) >= 11 is 0. The Bertz CT molecular complexity index is 1410. The molecule has 0 saturated heterocycles. The third-order valence-corrected chi connectivity index (χ3v) is 7.29. The van der Waals surface area contributed by atoms with E-state index in [1.165, 1.54) is 22.5 Å². The van der Waals surface area contributed by atoms with E-state index in [1.807, 2.05) is 13.8 Å². The number of amides is 3. The minimum absolute atomic E-state index is 0.00165. The molecule has 0 aliphatic heterocycles. The fourth-order valence-electron chi connectivity index (χ4n) is 3.61. The van der Waals surface area contributed by atoms with Crippen molar-refractivity contribution < 1.29 is 18.0 Å². The number of hydrogen-bond donors (Lipinski definition) is 4. The molecule has 4 N–H and O–H groups in total. The number of H-pyrrole nitrogens is 1. The fraction of sp³-hybridized carbons (Fsp3) is 0.292. The average molecular weight is 500 g/mol. The summed E-state index contributed by atoms with van der Waals surface area (Å²) in [5, 5.41) is 8.38. The maximum absolute atomic E-state index is 13.3. The Balaban J connectivity index is 2.02. The van der Waals surface area contributed by atoms with E-state index in [0.717, 1.165) is 6.07 Å². The van der Waals surface area contributed by atoms with Crippen LogP contribution in [0, 0.1) is 0 Å². The molecular formula is C24H29N5O5S. The van der Waals surface area contributed by atoms with E-state index in [1.54, 1.807) is 38.1 Å². The van der Waals surface area contributed by atoms with Crippen LogP contribution in [0.5, 0.6) is 0 Å². The number of rotatable bonds is 8. The van der Waals surface area contributed by atoms with Crippen molar-refractivity contribution in [1.29, 1.82) is 0 Å². The average Bonchev–Trinajstić information content (AvgIpc) is 2.79. The minimum atomic E-state index is -3.78. The van der Waals surface area contributed by atoms with Gasteiger partial charge >= 0.3 is 6.03 Å². The number of nitrogens with one attached hydrogen (secondary N) is 4. The predicted molar refractivity (Wildman–Crippen MR) is 136 cm³/mol. The third kappa shape index (κ3) is 5.87. The number of anilines is 2. The molecule has 3 amide bonds. The monoisotopic (exact) mass is 499 g/mol. The van der Waals surface area contributed by atoms with E-state index < -0.39 is 27.5 Å². The molecule has 0 aliphatic rings. The molecular weight excluding hydrogens is 470 g/mol. The number of urea groups is 1. The molecule has 1 heterocycles. The van der Waals surface area contributed by atoms with Crippen molar-refractivity contribution in [3.8, 4) is 0 Å². The summed E-state index contributed by atoms with van der Waals surface area (Å²) in [7, 11) is -3.78. The van der Waals surface area contributed by atoms with Crippen molar-refractivity contribution in [3.63, 3.8) is 0 Å². The molecule has 11 heteroatoms. The van der Waals surface area contributed by atoms with Gasteiger partial charge in [0.15, 0.2) is 0 Å². The molecule has 0 aliphatic carbocycles. The van der Waals surface area contributed by atoms with Gasteiger partial charge in [0.2, 0.25) is 15.6 Å². The maximum Gasteiger partial charge on any atom is 0.319 e. The first-order valence-corrected chi connectivity index (χ1v) is 12.7. The number of pyridine rings is 1. The lowest BCUT2D eigenvalue weighted by molar-refractivity contribution is 0.102. The zero-order chi connectivity index (χ0) is 25.8. The fourth-order valence-corrected chi connectivity index (χ4v) is 5.09. The third-order valence-electron chi connectivity index (χ3n) is 5.25. The number of hydrogen-bond acceptors (Lipinski definition) is 5. The number of sulfonamides is 1. The molecule has 0 fully saturated rings. The summed E-state index contributed by atoms with van der Waals surface area (Å²) in [5.74, 6) is -0.628. The summed E-state index contributed by atoms with van der Waals surface area (Å²) in [5.41, 5.74) is 0.491. The van der Waals surface area contributed by atoms with E-state index in [2.05, 4.69) is 20.9 Å². The van der Waals surface area contributed by atoms with Crippen molar-refractivity contribution in [2.45, 2.75) is 38.6 Å². The first-order chi connectivity index (χ1) is 16.6. The van der Waals surface area contributed by atoms with Gasteiger partial charge in [0.1, 0.15) is 0 Å². The number of aromatic nitrogens is 1. The molecule has 2 aromatic carbocycles. The number of para-hydroxylation sites is 2. The standard InChI is InChI=1S/C24H29N5O5S/c1-5-29(6-2)35(33,34)16-11-12-19-17(13-16)18(14-22(30)26-19)23(31)27-20-9-7-8-10-21(20)28-24(32)25-15(3)4/h7-15H,5-6H2,1-4H3,(H,26,30)(H,27,31)(H2,25,28,32). The largest absolute Gasteiger partial charge is 0.336 e. The van der Waals surface area contributed by atoms with Crippen LogP contribution in [-0.2, 0) is 10.0 Å². The van der Waals surface area contributed by atoms with Gasteiger partial charge < -0.3 is 20.9 Å². The lowest BCUT2D eigenvalue weighted by Gasteiger charge is -2.19. The Morgan fingerprint density at radius 3 is 2.20 bits per heavy atom. The van der Waals surface area contributed by atoms with Gasteiger partial charge in [-0.25, -0.2) is 13.2 Å². The van der Waals surface area contributed by atoms with Crippen LogP contribution in [0.1, 0.15) is 38.1 Å². The Morgan fingerprint density at radius 1 is 0.971 bits per heavy atom. The number of carbonyl (C=O) groups excluding carboxylic acids is 2. The van der Waals surface area contributed by atoms with Gasteiger partial charge in [-0.3, -0.25) is 9.59 Å². The Kier molecular flexibility index (Phi) is 7.92. The summed E-state index contributed by atoms with van der Waals surface area (Å²) in [4.78, 5) is 40.3. The molecule has 3 aromatic rings. The SMILES string of the molecule is CCN(CC)S(=O)(=O)c1ccc2[nH]c(=O)cc(C(=O)Nc3ccccc3NC(=O)NC(C)C)c2c1. The molecule has 0 spiro atoms. The van der Waals surface area contributed by atoms with Crippen molar-refractivity contribution in [3.05, 3.63) is 64.4 Å². The van der Waals surface area contributed by atoms with E-state index in [0.29, 0.717) is 30.0 Å². The molecule has 0 saturated carbocycles. The topological polar surface area (TPSA) is 140 Å². The number of benzene rings is 2.